The molecular weight excluding hydrogens is 518 g/mol. The molecule has 0 aliphatic carbocycles. The van der Waals surface area contributed by atoms with Gasteiger partial charge in [0.1, 0.15) is 23.9 Å². The predicted molar refractivity (Wildman–Crippen MR) is 133 cm³/mol. The van der Waals surface area contributed by atoms with E-state index >= 15 is 0 Å². The van der Waals surface area contributed by atoms with Crippen LogP contribution in [0.2, 0.25) is 0 Å². The zero-order valence-electron chi connectivity index (χ0n) is 16.7. The van der Waals surface area contributed by atoms with E-state index in [1.165, 1.54) is 0 Å². The fraction of sp³-hybridized carbons (Fsp3) is 0.0769. The van der Waals surface area contributed by atoms with Crippen LogP contribution in [0.1, 0.15) is 11.1 Å². The van der Waals surface area contributed by atoms with E-state index in [0.29, 0.717) is 13.2 Å². The molecule has 0 aliphatic rings. The number of benzene rings is 4. The van der Waals surface area contributed by atoms with Crippen molar-refractivity contribution in [2.24, 2.45) is 0 Å². The first-order valence-electron chi connectivity index (χ1n) is 9.88. The second-order valence-electron chi connectivity index (χ2n) is 6.97. The first-order chi connectivity index (χ1) is 15.2. The summed E-state index contributed by atoms with van der Waals surface area (Å²) in [6, 6.07) is 32.0. The molecule has 0 aliphatic heterocycles. The van der Waals surface area contributed by atoms with Gasteiger partial charge in [0.2, 0.25) is 0 Å². The topological polar surface area (TPSA) is 30.5 Å². The maximum atomic E-state index is 5.95. The highest BCUT2D eigenvalue weighted by molar-refractivity contribution is 9.10. The summed E-state index contributed by atoms with van der Waals surface area (Å²) in [7, 11) is 0. The van der Waals surface area contributed by atoms with Crippen LogP contribution in [0.5, 0.6) is 17.2 Å². The SMILES string of the molecule is Brc1ccc(COc2ccc(CNc3ccc(Oc4ccccc4)cc3)cc2Br)cc1. The number of anilines is 1. The highest BCUT2D eigenvalue weighted by Crippen LogP contribution is 2.28. The number of rotatable bonds is 8. The summed E-state index contributed by atoms with van der Waals surface area (Å²) in [4.78, 5) is 0. The van der Waals surface area contributed by atoms with Crippen molar-refractivity contribution >= 4 is 37.5 Å². The fourth-order valence-corrected chi connectivity index (χ4v) is 3.79. The van der Waals surface area contributed by atoms with Crippen molar-refractivity contribution in [2.75, 3.05) is 5.32 Å². The molecule has 4 rings (SSSR count). The Morgan fingerprint density at radius 1 is 0.677 bits per heavy atom. The van der Waals surface area contributed by atoms with Crippen LogP contribution in [-0.2, 0) is 13.2 Å². The average Bonchev–Trinajstić information content (AvgIpc) is 2.80. The van der Waals surface area contributed by atoms with Crippen molar-refractivity contribution in [1.82, 2.24) is 0 Å². The summed E-state index contributed by atoms with van der Waals surface area (Å²) < 4.78 is 13.8. The van der Waals surface area contributed by atoms with Gasteiger partial charge in [-0.05, 0) is 87.7 Å². The van der Waals surface area contributed by atoms with E-state index in [9.17, 15) is 0 Å². The molecule has 0 atom stereocenters. The zero-order valence-corrected chi connectivity index (χ0v) is 19.9. The molecule has 4 aromatic carbocycles. The van der Waals surface area contributed by atoms with Gasteiger partial charge in [0.05, 0.1) is 4.47 Å². The molecule has 31 heavy (non-hydrogen) atoms. The number of halogens is 2. The Hall–Kier alpha value is -2.76. The minimum absolute atomic E-state index is 0.529. The van der Waals surface area contributed by atoms with E-state index in [1.807, 2.05) is 84.9 Å². The van der Waals surface area contributed by atoms with Crippen molar-refractivity contribution < 1.29 is 9.47 Å². The molecule has 0 saturated carbocycles. The summed E-state index contributed by atoms with van der Waals surface area (Å²) in [5.41, 5.74) is 3.32. The van der Waals surface area contributed by atoms with E-state index in [4.69, 9.17) is 9.47 Å². The predicted octanol–water partition coefficient (Wildman–Crippen LogP) is 8.20. The summed E-state index contributed by atoms with van der Waals surface area (Å²) in [6.45, 7) is 1.24. The number of ether oxygens (including phenoxy) is 2. The van der Waals surface area contributed by atoms with Crippen LogP contribution >= 0.6 is 31.9 Å². The van der Waals surface area contributed by atoms with Gasteiger partial charge in [-0.2, -0.15) is 0 Å². The van der Waals surface area contributed by atoms with Crippen molar-refractivity contribution in [3.05, 3.63) is 117 Å². The second kappa shape index (κ2) is 10.5. The van der Waals surface area contributed by atoms with Crippen LogP contribution in [0, 0.1) is 0 Å². The van der Waals surface area contributed by atoms with Gasteiger partial charge in [0.25, 0.3) is 0 Å². The smallest absolute Gasteiger partial charge is 0.134 e. The quantitative estimate of drug-likeness (QED) is 0.245. The van der Waals surface area contributed by atoms with Gasteiger partial charge >= 0.3 is 0 Å². The lowest BCUT2D eigenvalue weighted by atomic mass is 10.2. The maximum absolute atomic E-state index is 5.95. The molecule has 3 nitrogen and oxygen atoms in total. The second-order valence-corrected chi connectivity index (χ2v) is 8.74. The lowest BCUT2D eigenvalue weighted by Gasteiger charge is -2.12. The molecule has 0 spiro atoms. The molecule has 156 valence electrons. The highest BCUT2D eigenvalue weighted by atomic mass is 79.9. The lowest BCUT2D eigenvalue weighted by molar-refractivity contribution is 0.304. The number of para-hydroxylation sites is 1. The van der Waals surface area contributed by atoms with E-state index in [2.05, 4.69) is 49.3 Å². The highest BCUT2D eigenvalue weighted by Gasteiger charge is 2.05. The largest absolute Gasteiger partial charge is 0.488 e. The molecule has 0 amide bonds. The minimum Gasteiger partial charge on any atom is -0.488 e. The number of hydrogen-bond acceptors (Lipinski definition) is 3. The Morgan fingerprint density at radius 3 is 2.06 bits per heavy atom. The van der Waals surface area contributed by atoms with Gasteiger partial charge < -0.3 is 14.8 Å². The van der Waals surface area contributed by atoms with Gasteiger partial charge in [0, 0.05) is 16.7 Å². The van der Waals surface area contributed by atoms with Crippen LogP contribution in [0.15, 0.2) is 106 Å². The Labute approximate surface area is 199 Å². The van der Waals surface area contributed by atoms with E-state index in [0.717, 1.165) is 43.0 Å². The Kier molecular flexibility index (Phi) is 7.28. The molecular formula is C26H21Br2NO2. The summed E-state index contributed by atoms with van der Waals surface area (Å²) in [5.74, 6) is 2.47. The van der Waals surface area contributed by atoms with Crippen molar-refractivity contribution in [2.45, 2.75) is 13.2 Å². The fourth-order valence-electron chi connectivity index (χ4n) is 2.98. The lowest BCUT2D eigenvalue weighted by Crippen LogP contribution is -2.00. The molecule has 0 bridgehead atoms. The van der Waals surface area contributed by atoms with Gasteiger partial charge in [-0.3, -0.25) is 0 Å². The van der Waals surface area contributed by atoms with Crippen molar-refractivity contribution in [1.29, 1.82) is 0 Å². The van der Waals surface area contributed by atoms with Crippen molar-refractivity contribution in [3.63, 3.8) is 0 Å². The van der Waals surface area contributed by atoms with Gasteiger partial charge in [-0.15, -0.1) is 0 Å². The molecule has 5 heteroatoms. The van der Waals surface area contributed by atoms with Gasteiger partial charge in [-0.1, -0.05) is 52.3 Å². The van der Waals surface area contributed by atoms with Crippen LogP contribution in [-0.4, -0.2) is 0 Å². The third-order valence-corrected chi connectivity index (χ3v) is 5.78. The van der Waals surface area contributed by atoms with Crippen molar-refractivity contribution in [3.8, 4) is 17.2 Å². The summed E-state index contributed by atoms with van der Waals surface area (Å²) >= 11 is 7.07. The van der Waals surface area contributed by atoms with Crippen LogP contribution < -0.4 is 14.8 Å². The first kappa shape index (κ1) is 21.5. The molecule has 4 aromatic rings. The average molecular weight is 539 g/mol. The summed E-state index contributed by atoms with van der Waals surface area (Å²) in [5, 5.41) is 3.44. The first-order valence-corrected chi connectivity index (χ1v) is 11.5. The minimum atomic E-state index is 0.529. The van der Waals surface area contributed by atoms with Crippen LogP contribution in [0.3, 0.4) is 0 Å². The van der Waals surface area contributed by atoms with Gasteiger partial charge in [-0.25, -0.2) is 0 Å². The zero-order chi connectivity index (χ0) is 21.5. The number of hydrogen-bond donors (Lipinski definition) is 1. The van der Waals surface area contributed by atoms with Crippen LogP contribution in [0.4, 0.5) is 5.69 Å². The van der Waals surface area contributed by atoms with Gasteiger partial charge in [0.15, 0.2) is 0 Å². The van der Waals surface area contributed by atoms with Crippen LogP contribution in [0.25, 0.3) is 0 Å². The Bertz CT molecular complexity index is 1110. The van der Waals surface area contributed by atoms with E-state index in [-0.39, 0.29) is 0 Å². The monoisotopic (exact) mass is 537 g/mol. The molecule has 0 fully saturated rings. The molecule has 0 saturated heterocycles. The third kappa shape index (κ3) is 6.36. The molecule has 0 unspecified atom stereocenters. The molecule has 0 radical (unpaired) electrons. The maximum Gasteiger partial charge on any atom is 0.134 e. The number of nitrogens with one attached hydrogen (secondary N) is 1. The Balaban J connectivity index is 1.30. The Morgan fingerprint density at radius 2 is 1.35 bits per heavy atom. The summed E-state index contributed by atoms with van der Waals surface area (Å²) in [6.07, 6.45) is 0. The van der Waals surface area contributed by atoms with E-state index in [1.54, 1.807) is 0 Å². The molecule has 0 aromatic heterocycles. The third-order valence-electron chi connectivity index (χ3n) is 4.63. The molecule has 1 N–H and O–H groups in total. The standard InChI is InChI=1S/C26H21Br2NO2/c27-21-9-6-19(7-10-21)18-30-26-15-8-20(16-25(26)28)17-29-22-11-13-24(14-12-22)31-23-4-2-1-3-5-23/h1-16,29H,17-18H2. The normalized spacial score (nSPS) is 10.5. The van der Waals surface area contributed by atoms with E-state index < -0.39 is 0 Å². The molecule has 0 heterocycles.